The molecule has 4 heteroatoms. The quantitative estimate of drug-likeness (QED) is 0.685. The minimum atomic E-state index is -0.413. The van der Waals surface area contributed by atoms with Crippen molar-refractivity contribution in [1.82, 2.24) is 5.32 Å². The molecule has 1 atom stereocenters. The van der Waals surface area contributed by atoms with Crippen molar-refractivity contribution < 1.29 is 14.3 Å². The summed E-state index contributed by atoms with van der Waals surface area (Å²) < 4.78 is 5.70. The summed E-state index contributed by atoms with van der Waals surface area (Å²) >= 11 is 0. The number of allylic oxidation sites excluding steroid dienone is 3. The van der Waals surface area contributed by atoms with Gasteiger partial charge in [0, 0.05) is 29.3 Å². The number of carbonyl (C=O) groups excluding carboxylic acids is 2. The van der Waals surface area contributed by atoms with Crippen LogP contribution in [0.5, 0.6) is 0 Å². The van der Waals surface area contributed by atoms with Gasteiger partial charge < -0.3 is 10.1 Å². The Balaban J connectivity index is 1.73. The van der Waals surface area contributed by atoms with E-state index in [2.05, 4.69) is 19.2 Å². The highest BCUT2D eigenvalue weighted by atomic mass is 16.5. The first-order valence-electron chi connectivity index (χ1n) is 10.8. The number of ether oxygens (including phenoxy) is 1. The third kappa shape index (κ3) is 4.34. The van der Waals surface area contributed by atoms with Crippen LogP contribution in [0.4, 0.5) is 0 Å². The minimum Gasteiger partial charge on any atom is -0.457 e. The largest absolute Gasteiger partial charge is 0.457 e. The summed E-state index contributed by atoms with van der Waals surface area (Å²) in [5.74, 6) is -0.697. The second-order valence-electron chi connectivity index (χ2n) is 9.40. The average Bonchev–Trinajstić information content (AvgIpc) is 2.71. The molecule has 0 unspecified atom stereocenters. The molecule has 0 fully saturated rings. The van der Waals surface area contributed by atoms with Gasteiger partial charge in [-0.3, -0.25) is 4.79 Å². The summed E-state index contributed by atoms with van der Waals surface area (Å²) in [4.78, 5) is 26.6. The summed E-state index contributed by atoms with van der Waals surface area (Å²) in [5.41, 5.74) is 5.83. The van der Waals surface area contributed by atoms with Crippen molar-refractivity contribution >= 4 is 11.8 Å². The predicted octanol–water partition coefficient (Wildman–Crippen LogP) is 5.34. The second-order valence-corrected chi connectivity index (χ2v) is 9.40. The van der Waals surface area contributed by atoms with E-state index < -0.39 is 5.92 Å². The van der Waals surface area contributed by atoms with Gasteiger partial charge in [0.15, 0.2) is 5.78 Å². The molecule has 1 N–H and O–H groups in total. The van der Waals surface area contributed by atoms with Gasteiger partial charge >= 0.3 is 5.97 Å². The number of Topliss-reactive ketones (excluding diaryl/α,β-unsaturated/α-hetero) is 1. The molecule has 0 amide bonds. The summed E-state index contributed by atoms with van der Waals surface area (Å²) in [7, 11) is 0. The SMILES string of the molecule is CC1=C(C(=O)OCc2ccccc2)[C@@H](c2ccc(C)cc2)C2=C(CC(C)(C)CC2=O)N1. The van der Waals surface area contributed by atoms with Crippen molar-refractivity contribution in [3.05, 3.63) is 93.8 Å². The lowest BCUT2D eigenvalue weighted by Gasteiger charge is -2.39. The fourth-order valence-corrected chi connectivity index (χ4v) is 4.60. The van der Waals surface area contributed by atoms with Gasteiger partial charge in [0.1, 0.15) is 6.61 Å². The lowest BCUT2D eigenvalue weighted by Crippen LogP contribution is -2.38. The van der Waals surface area contributed by atoms with Crippen molar-refractivity contribution in [3.63, 3.8) is 0 Å². The van der Waals surface area contributed by atoms with Gasteiger partial charge in [-0.25, -0.2) is 4.79 Å². The average molecular weight is 416 g/mol. The molecule has 0 bridgehead atoms. The molecule has 1 heterocycles. The highest BCUT2D eigenvalue weighted by molar-refractivity contribution is 6.04. The number of dihydropyridines is 1. The predicted molar refractivity (Wildman–Crippen MR) is 121 cm³/mol. The molecule has 0 radical (unpaired) electrons. The number of hydrogen-bond acceptors (Lipinski definition) is 4. The summed E-state index contributed by atoms with van der Waals surface area (Å²) in [5, 5.41) is 3.38. The Morgan fingerprint density at radius 3 is 2.39 bits per heavy atom. The van der Waals surface area contributed by atoms with Crippen LogP contribution >= 0.6 is 0 Å². The Labute approximate surface area is 184 Å². The summed E-state index contributed by atoms with van der Waals surface area (Å²) in [6.45, 7) is 8.35. The fourth-order valence-electron chi connectivity index (χ4n) is 4.60. The topological polar surface area (TPSA) is 55.4 Å². The molecule has 1 aliphatic carbocycles. The number of hydrogen-bond donors (Lipinski definition) is 1. The van der Waals surface area contributed by atoms with Crippen LogP contribution in [0.1, 0.15) is 56.2 Å². The van der Waals surface area contributed by atoms with E-state index in [1.54, 1.807) is 0 Å². The molecule has 2 aromatic carbocycles. The van der Waals surface area contributed by atoms with Crippen molar-refractivity contribution in [1.29, 1.82) is 0 Å². The number of nitrogens with one attached hydrogen (secondary N) is 1. The minimum absolute atomic E-state index is 0.102. The van der Waals surface area contributed by atoms with E-state index in [9.17, 15) is 9.59 Å². The van der Waals surface area contributed by atoms with E-state index in [0.717, 1.165) is 34.5 Å². The van der Waals surface area contributed by atoms with Crippen LogP contribution in [-0.2, 0) is 20.9 Å². The molecule has 0 aromatic heterocycles. The zero-order valence-corrected chi connectivity index (χ0v) is 18.6. The first-order valence-corrected chi connectivity index (χ1v) is 10.8. The Kier molecular flexibility index (Phi) is 5.57. The van der Waals surface area contributed by atoms with Crippen LogP contribution in [-0.4, -0.2) is 11.8 Å². The summed E-state index contributed by atoms with van der Waals surface area (Å²) in [6, 6.07) is 17.7. The lowest BCUT2D eigenvalue weighted by atomic mass is 9.68. The summed E-state index contributed by atoms with van der Waals surface area (Å²) in [6.07, 6.45) is 1.25. The van der Waals surface area contributed by atoms with E-state index >= 15 is 0 Å². The molecule has 0 saturated carbocycles. The number of esters is 1. The molecule has 1 aliphatic heterocycles. The molecular formula is C27H29NO3. The van der Waals surface area contributed by atoms with Gasteiger partial charge in [-0.15, -0.1) is 0 Å². The normalized spacial score (nSPS) is 20.3. The first-order chi connectivity index (χ1) is 14.7. The van der Waals surface area contributed by atoms with Gasteiger partial charge in [-0.05, 0) is 36.8 Å². The lowest BCUT2D eigenvalue weighted by molar-refractivity contribution is -0.140. The molecule has 2 aliphatic rings. The molecule has 4 nitrogen and oxygen atoms in total. The molecule has 0 saturated heterocycles. The van der Waals surface area contributed by atoms with Crippen molar-refractivity contribution in [2.75, 3.05) is 0 Å². The Bertz CT molecular complexity index is 1080. The van der Waals surface area contributed by atoms with Crippen LogP contribution in [0.2, 0.25) is 0 Å². The zero-order valence-electron chi connectivity index (χ0n) is 18.6. The Morgan fingerprint density at radius 2 is 1.71 bits per heavy atom. The number of benzene rings is 2. The third-order valence-corrected chi connectivity index (χ3v) is 6.08. The second kappa shape index (κ2) is 8.18. The van der Waals surface area contributed by atoms with Crippen LogP contribution in [0, 0.1) is 12.3 Å². The van der Waals surface area contributed by atoms with Crippen LogP contribution in [0.15, 0.2) is 77.1 Å². The van der Waals surface area contributed by atoms with Gasteiger partial charge in [0.2, 0.25) is 0 Å². The fraction of sp³-hybridized carbons (Fsp3) is 0.333. The first kappa shape index (κ1) is 21.1. The maximum Gasteiger partial charge on any atom is 0.337 e. The number of aryl methyl sites for hydroxylation is 1. The maximum atomic E-state index is 13.3. The molecule has 0 spiro atoms. The molecule has 31 heavy (non-hydrogen) atoms. The van der Waals surface area contributed by atoms with Gasteiger partial charge in [-0.2, -0.15) is 0 Å². The van der Waals surface area contributed by atoms with Crippen LogP contribution in [0.25, 0.3) is 0 Å². The van der Waals surface area contributed by atoms with Crippen LogP contribution in [0.3, 0.4) is 0 Å². The maximum absolute atomic E-state index is 13.3. The monoisotopic (exact) mass is 415 g/mol. The van der Waals surface area contributed by atoms with E-state index in [-0.39, 0.29) is 23.8 Å². The number of ketones is 1. The van der Waals surface area contributed by atoms with Crippen molar-refractivity contribution in [2.24, 2.45) is 5.41 Å². The third-order valence-electron chi connectivity index (χ3n) is 6.08. The van der Waals surface area contributed by atoms with E-state index in [1.807, 2.05) is 68.4 Å². The zero-order chi connectivity index (χ0) is 22.2. The Morgan fingerprint density at radius 1 is 1.03 bits per heavy atom. The highest BCUT2D eigenvalue weighted by Gasteiger charge is 2.43. The molecular weight excluding hydrogens is 386 g/mol. The molecule has 2 aromatic rings. The molecule has 160 valence electrons. The van der Waals surface area contributed by atoms with E-state index in [0.29, 0.717) is 17.6 Å². The molecule has 4 rings (SSSR count). The highest BCUT2D eigenvalue weighted by Crippen LogP contribution is 2.46. The van der Waals surface area contributed by atoms with Crippen molar-refractivity contribution in [2.45, 2.75) is 53.1 Å². The van der Waals surface area contributed by atoms with Crippen molar-refractivity contribution in [3.8, 4) is 0 Å². The van der Waals surface area contributed by atoms with Crippen LogP contribution < -0.4 is 5.32 Å². The van der Waals surface area contributed by atoms with Gasteiger partial charge in [0.25, 0.3) is 0 Å². The van der Waals surface area contributed by atoms with E-state index in [1.165, 1.54) is 0 Å². The van der Waals surface area contributed by atoms with Gasteiger partial charge in [-0.1, -0.05) is 74.0 Å². The van der Waals surface area contributed by atoms with Gasteiger partial charge in [0.05, 0.1) is 5.57 Å². The standard InChI is InChI=1S/C27H29NO3/c1-17-10-12-20(13-11-17)24-23(26(30)31-16-19-8-6-5-7-9-19)18(2)28-21-14-27(3,4)15-22(29)25(21)24/h5-13,24,28H,14-16H2,1-4H3/t24-/m1/s1. The smallest absolute Gasteiger partial charge is 0.337 e. The number of carbonyl (C=O) groups is 2. The Hall–Kier alpha value is -3.14. The van der Waals surface area contributed by atoms with E-state index in [4.69, 9.17) is 4.74 Å². The number of rotatable bonds is 4.